The van der Waals surface area contributed by atoms with Crippen LogP contribution in [0.25, 0.3) is 0 Å². The van der Waals surface area contributed by atoms with Crippen LogP contribution in [0.4, 0.5) is 5.69 Å². The normalized spacial score (nSPS) is 22.4. The molecule has 2 aromatic rings. The monoisotopic (exact) mass is 764 g/mol. The Hall–Kier alpha value is -1.85. The van der Waals surface area contributed by atoms with Crippen LogP contribution in [0.5, 0.6) is 5.75 Å². The predicted octanol–water partition coefficient (Wildman–Crippen LogP) is 9.34. The number of hydrogen-bond donors (Lipinski definition) is 1. The minimum absolute atomic E-state index is 0.0740. The summed E-state index contributed by atoms with van der Waals surface area (Å²) < 4.78 is 40.8. The van der Waals surface area contributed by atoms with E-state index in [9.17, 15) is 13.2 Å². The summed E-state index contributed by atoms with van der Waals surface area (Å²) in [4.78, 5) is 15.7. The van der Waals surface area contributed by atoms with Crippen LogP contribution in [-0.2, 0) is 21.2 Å². The summed E-state index contributed by atoms with van der Waals surface area (Å²) in [6.07, 6.45) is 10.9. The second-order valence-corrected chi connectivity index (χ2v) is 18.9. The summed E-state index contributed by atoms with van der Waals surface area (Å²) in [6.45, 7) is 13.4. The van der Waals surface area contributed by atoms with Crippen LogP contribution in [0.15, 0.2) is 48.6 Å². The lowest BCUT2D eigenvalue weighted by atomic mass is 9.64. The number of thioether (sulfide) groups is 2. The summed E-state index contributed by atoms with van der Waals surface area (Å²) in [5, 5.41) is 0.00842. The van der Waals surface area contributed by atoms with E-state index in [1.54, 1.807) is 26.0 Å². The maximum absolute atomic E-state index is 13.3. The van der Waals surface area contributed by atoms with Gasteiger partial charge in [0.2, 0.25) is 10.0 Å². The summed E-state index contributed by atoms with van der Waals surface area (Å²) in [6, 6.07) is 11.5. The van der Waals surface area contributed by atoms with Gasteiger partial charge in [-0.3, -0.25) is 4.79 Å². The van der Waals surface area contributed by atoms with Crippen LogP contribution in [0.3, 0.4) is 0 Å². The average Bonchev–Trinajstić information content (AvgIpc) is 3.28. The third-order valence-electron chi connectivity index (χ3n) is 9.98. The molecule has 1 saturated heterocycles. The molecule has 11 heteroatoms. The number of hydrogen-bond acceptors (Lipinski definition) is 8. The summed E-state index contributed by atoms with van der Waals surface area (Å²) in [5.74, 6) is 3.14. The maximum Gasteiger partial charge on any atom is 0.264 e. The molecule has 0 spiro atoms. The number of amides is 1. The third-order valence-corrected chi connectivity index (χ3v) is 15.1. The second kappa shape index (κ2) is 18.8. The number of ether oxygens (including phenoxy) is 2. The number of aryl methyl sites for hydroxylation is 1. The molecule has 0 bridgehead atoms. The minimum Gasteiger partial charge on any atom is -0.491 e. The second-order valence-electron chi connectivity index (χ2n) is 13.5. The van der Waals surface area contributed by atoms with Gasteiger partial charge in [0.1, 0.15) is 11.4 Å². The molecule has 4 atom stereocenters. The highest BCUT2D eigenvalue weighted by Gasteiger charge is 2.52. The molecule has 3 aliphatic rings. The molecule has 1 aliphatic carbocycles. The Labute approximate surface area is 315 Å². The molecule has 4 unspecified atom stereocenters. The van der Waals surface area contributed by atoms with Crippen LogP contribution >= 0.6 is 35.1 Å². The molecular weight excluding hydrogens is 708 g/mol. The summed E-state index contributed by atoms with van der Waals surface area (Å²) >= 11 is 10.5. The van der Waals surface area contributed by atoms with Gasteiger partial charge in [0.15, 0.2) is 0 Å². The first-order valence-corrected chi connectivity index (χ1v) is 22.4. The van der Waals surface area contributed by atoms with Crippen molar-refractivity contribution in [2.75, 3.05) is 43.2 Å². The molecule has 2 fully saturated rings. The van der Waals surface area contributed by atoms with Crippen molar-refractivity contribution in [2.45, 2.75) is 101 Å². The maximum atomic E-state index is 13.3. The number of halogens is 1. The van der Waals surface area contributed by atoms with Crippen LogP contribution in [0, 0.1) is 11.8 Å². The lowest BCUT2D eigenvalue weighted by molar-refractivity contribution is -0.0637. The summed E-state index contributed by atoms with van der Waals surface area (Å²) in [7, 11) is -1.91. The topological polar surface area (TPSA) is 84.9 Å². The van der Waals surface area contributed by atoms with E-state index in [0.717, 1.165) is 60.9 Å². The van der Waals surface area contributed by atoms with Crippen LogP contribution < -0.4 is 14.4 Å². The van der Waals surface area contributed by atoms with Crippen molar-refractivity contribution in [1.29, 1.82) is 0 Å². The van der Waals surface area contributed by atoms with E-state index in [1.165, 1.54) is 17.5 Å². The number of fused-ring (bicyclic) bond motifs is 1. The number of rotatable bonds is 13. The Morgan fingerprint density at radius 1 is 1.14 bits per heavy atom. The third kappa shape index (κ3) is 9.38. The molecule has 0 aromatic heterocycles. The Bertz CT molecular complexity index is 1560. The van der Waals surface area contributed by atoms with E-state index in [2.05, 4.69) is 47.8 Å². The Morgan fingerprint density at radius 3 is 2.50 bits per heavy atom. The van der Waals surface area contributed by atoms with E-state index in [4.69, 9.17) is 21.1 Å². The van der Waals surface area contributed by atoms with E-state index in [0.29, 0.717) is 40.9 Å². The van der Waals surface area contributed by atoms with Gasteiger partial charge in [0.25, 0.3) is 5.91 Å². The zero-order chi connectivity index (χ0) is 36.5. The largest absolute Gasteiger partial charge is 0.491 e. The van der Waals surface area contributed by atoms with E-state index < -0.39 is 21.2 Å². The van der Waals surface area contributed by atoms with E-state index >= 15 is 0 Å². The van der Waals surface area contributed by atoms with Gasteiger partial charge in [-0.2, -0.15) is 0 Å². The highest BCUT2D eigenvalue weighted by atomic mass is 35.5. The number of benzene rings is 2. The number of nitrogens with zero attached hydrogens (tertiary/aromatic N) is 1. The van der Waals surface area contributed by atoms with E-state index in [-0.39, 0.29) is 11.5 Å². The predicted molar refractivity (Wildman–Crippen MR) is 214 cm³/mol. The van der Waals surface area contributed by atoms with Gasteiger partial charge in [0.05, 0.1) is 22.1 Å². The lowest BCUT2D eigenvalue weighted by Gasteiger charge is -2.53. The van der Waals surface area contributed by atoms with Gasteiger partial charge in [-0.1, -0.05) is 63.9 Å². The van der Waals surface area contributed by atoms with Crippen LogP contribution in [-0.4, -0.2) is 68.1 Å². The van der Waals surface area contributed by atoms with Crippen molar-refractivity contribution in [3.63, 3.8) is 0 Å². The molecule has 2 aromatic carbocycles. The van der Waals surface area contributed by atoms with Crippen molar-refractivity contribution < 1.29 is 22.7 Å². The zero-order valence-corrected chi connectivity index (χ0v) is 34.1. The first-order valence-electron chi connectivity index (χ1n) is 18.3. The van der Waals surface area contributed by atoms with Crippen molar-refractivity contribution in [3.05, 3.63) is 70.3 Å². The van der Waals surface area contributed by atoms with Crippen LogP contribution in [0.2, 0.25) is 5.02 Å². The standard InChI is InChI=1S/C37H51ClN2O5S3.C2H6/c1-6-8-17-37(44-5,36-46-18-9-19-47-36)32-15-11-28(32)22-40-23-29(31-14-13-30(38)20-26(31)10-7-2)24-45-34-16-12-27(21-33(34)40)35(41)39-48(42,43)25(3)4;1-2/h8,12-14,16-17,20-21,25,28-29,32,36H,6-7,9-11,15,18-19,22-24H2,1-5H3,(H,39,41);1-2H3/b17-8+;. The number of methoxy groups -OCH3 is 1. The Kier molecular flexibility index (Phi) is 15.4. The molecule has 7 nitrogen and oxygen atoms in total. The Balaban J connectivity index is 0.00000276. The number of nitrogens with one attached hydrogen (secondary N) is 1. The first-order chi connectivity index (χ1) is 24.0. The van der Waals surface area contributed by atoms with Gasteiger partial charge in [-0.25, -0.2) is 13.1 Å². The highest BCUT2D eigenvalue weighted by molar-refractivity contribution is 8.17. The molecule has 278 valence electrons. The number of sulfonamides is 1. The molecule has 1 N–H and O–H groups in total. The fraction of sp³-hybridized carbons (Fsp3) is 0.615. The summed E-state index contributed by atoms with van der Waals surface area (Å²) in [5.41, 5.74) is 3.21. The molecule has 1 saturated carbocycles. The van der Waals surface area contributed by atoms with Gasteiger partial charge in [0, 0.05) is 36.7 Å². The van der Waals surface area contributed by atoms with Gasteiger partial charge < -0.3 is 14.4 Å². The molecule has 2 aliphatic heterocycles. The SMILES string of the molecule is CC.CC/C=C/C(OC)(C1SCCCS1)C1CCC1CN1CC(c2ccc(Cl)cc2CCC)COc2ccc(C(=O)NS(=O)(=O)C(C)C)cc21. The Morgan fingerprint density at radius 2 is 1.88 bits per heavy atom. The highest BCUT2D eigenvalue weighted by Crippen LogP contribution is 2.53. The quantitative estimate of drug-likeness (QED) is 0.202. The fourth-order valence-electron chi connectivity index (χ4n) is 7.17. The van der Waals surface area contributed by atoms with Crippen LogP contribution in [0.1, 0.15) is 101 Å². The number of allylic oxidation sites excluding steroid dienone is 1. The molecule has 1 amide bonds. The average molecular weight is 766 g/mol. The molecule has 50 heavy (non-hydrogen) atoms. The number of carbonyl (C=O) groups is 1. The first kappa shape index (κ1) is 40.9. The number of carbonyl (C=O) groups excluding carboxylic acids is 1. The number of anilines is 1. The molecule has 5 rings (SSSR count). The zero-order valence-electron chi connectivity index (χ0n) is 30.9. The molecular formula is C39H57ClN2O5S3. The van der Waals surface area contributed by atoms with Gasteiger partial charge in [-0.15, -0.1) is 23.5 Å². The van der Waals surface area contributed by atoms with Crippen molar-refractivity contribution in [2.24, 2.45) is 11.8 Å². The van der Waals surface area contributed by atoms with Crippen molar-refractivity contribution in [3.8, 4) is 5.75 Å². The molecule has 2 heterocycles. The van der Waals surface area contributed by atoms with Crippen molar-refractivity contribution in [1.82, 2.24) is 4.72 Å². The van der Waals surface area contributed by atoms with Gasteiger partial charge >= 0.3 is 0 Å². The molecule has 0 radical (unpaired) electrons. The van der Waals surface area contributed by atoms with Gasteiger partial charge in [-0.05, 0) is 111 Å². The fourth-order valence-corrected chi connectivity index (χ4v) is 11.4. The minimum atomic E-state index is -3.78. The van der Waals surface area contributed by atoms with E-state index in [1.807, 2.05) is 56.6 Å². The van der Waals surface area contributed by atoms with Crippen molar-refractivity contribution >= 4 is 56.7 Å². The smallest absolute Gasteiger partial charge is 0.264 e. The lowest BCUT2D eigenvalue weighted by Crippen LogP contribution is -2.55.